The number of nitro groups is 1. The average molecular weight is 419 g/mol. The molecule has 0 saturated carbocycles. The SMILES string of the molecule is Cc1cc(OC(F)F)ccc1NC(=O)CCn1cc(Br)c([N+](=O)[O-])n1. The van der Waals surface area contributed by atoms with E-state index in [1.807, 2.05) is 0 Å². The number of aromatic nitrogens is 2. The predicted octanol–water partition coefficient (Wildman–Crippen LogP) is 3.49. The van der Waals surface area contributed by atoms with Gasteiger partial charge < -0.3 is 20.2 Å². The van der Waals surface area contributed by atoms with E-state index in [0.717, 1.165) is 0 Å². The lowest BCUT2D eigenvalue weighted by atomic mass is 10.2. The third kappa shape index (κ3) is 5.21. The van der Waals surface area contributed by atoms with E-state index in [9.17, 15) is 23.7 Å². The van der Waals surface area contributed by atoms with Crippen molar-refractivity contribution in [3.63, 3.8) is 0 Å². The summed E-state index contributed by atoms with van der Waals surface area (Å²) in [4.78, 5) is 22.1. The summed E-state index contributed by atoms with van der Waals surface area (Å²) >= 11 is 3.02. The van der Waals surface area contributed by atoms with Crippen molar-refractivity contribution in [1.29, 1.82) is 0 Å². The van der Waals surface area contributed by atoms with E-state index in [1.54, 1.807) is 6.92 Å². The molecule has 25 heavy (non-hydrogen) atoms. The topological polar surface area (TPSA) is 99.3 Å². The van der Waals surface area contributed by atoms with Crippen molar-refractivity contribution >= 4 is 33.3 Å². The van der Waals surface area contributed by atoms with Crippen LogP contribution in [-0.4, -0.2) is 27.2 Å². The lowest BCUT2D eigenvalue weighted by molar-refractivity contribution is -0.390. The van der Waals surface area contributed by atoms with Gasteiger partial charge in [-0.1, -0.05) is 0 Å². The van der Waals surface area contributed by atoms with Gasteiger partial charge in [-0.15, -0.1) is 0 Å². The summed E-state index contributed by atoms with van der Waals surface area (Å²) < 4.78 is 30.1. The molecule has 0 aliphatic rings. The molecule has 0 saturated heterocycles. The summed E-state index contributed by atoms with van der Waals surface area (Å²) in [6.45, 7) is -1.14. The minimum Gasteiger partial charge on any atom is -0.435 e. The van der Waals surface area contributed by atoms with Gasteiger partial charge in [0.1, 0.15) is 10.2 Å². The number of aryl methyl sites for hydroxylation is 2. The molecule has 1 N–H and O–H groups in total. The zero-order valence-corrected chi connectivity index (χ0v) is 14.5. The number of benzene rings is 1. The summed E-state index contributed by atoms with van der Waals surface area (Å²) in [5.41, 5.74) is 1.02. The molecule has 2 rings (SSSR count). The molecule has 1 heterocycles. The number of hydrogen-bond acceptors (Lipinski definition) is 5. The maximum absolute atomic E-state index is 12.2. The highest BCUT2D eigenvalue weighted by Crippen LogP contribution is 2.24. The van der Waals surface area contributed by atoms with Crippen LogP contribution >= 0.6 is 15.9 Å². The van der Waals surface area contributed by atoms with Gasteiger partial charge in [0, 0.05) is 12.1 Å². The third-order valence-corrected chi connectivity index (χ3v) is 3.70. The highest BCUT2D eigenvalue weighted by molar-refractivity contribution is 9.10. The van der Waals surface area contributed by atoms with Crippen molar-refractivity contribution in [2.75, 3.05) is 5.32 Å². The van der Waals surface area contributed by atoms with Crippen molar-refractivity contribution < 1.29 is 23.2 Å². The Bertz CT molecular complexity index is 797. The Morgan fingerprint density at radius 1 is 1.52 bits per heavy atom. The molecule has 134 valence electrons. The van der Waals surface area contributed by atoms with Gasteiger partial charge >= 0.3 is 12.4 Å². The average Bonchev–Trinajstić information content (AvgIpc) is 2.89. The van der Waals surface area contributed by atoms with Gasteiger partial charge in [0.05, 0.1) is 17.8 Å². The second kappa shape index (κ2) is 8.01. The monoisotopic (exact) mass is 418 g/mol. The normalized spacial score (nSPS) is 10.8. The molecule has 0 fully saturated rings. The van der Waals surface area contributed by atoms with E-state index in [1.165, 1.54) is 29.1 Å². The molecular weight excluding hydrogens is 406 g/mol. The first-order valence-electron chi connectivity index (χ1n) is 6.99. The maximum Gasteiger partial charge on any atom is 0.404 e. The highest BCUT2D eigenvalue weighted by Gasteiger charge is 2.19. The first kappa shape index (κ1) is 18.8. The number of alkyl halides is 2. The van der Waals surface area contributed by atoms with E-state index >= 15 is 0 Å². The molecule has 0 spiro atoms. The zero-order chi connectivity index (χ0) is 18.6. The second-order valence-corrected chi connectivity index (χ2v) is 5.83. The Morgan fingerprint density at radius 3 is 2.80 bits per heavy atom. The van der Waals surface area contributed by atoms with Gasteiger partial charge in [0.15, 0.2) is 0 Å². The molecule has 2 aromatic rings. The molecule has 1 amide bonds. The van der Waals surface area contributed by atoms with Crippen LogP contribution in [0.5, 0.6) is 5.75 Å². The highest BCUT2D eigenvalue weighted by atomic mass is 79.9. The third-order valence-electron chi connectivity index (χ3n) is 3.14. The summed E-state index contributed by atoms with van der Waals surface area (Å²) in [7, 11) is 0. The predicted molar refractivity (Wildman–Crippen MR) is 87.6 cm³/mol. The number of nitrogens with zero attached hydrogens (tertiary/aromatic N) is 3. The minimum absolute atomic E-state index is 0.000741. The van der Waals surface area contributed by atoms with Crippen molar-refractivity contribution in [2.45, 2.75) is 26.5 Å². The number of halogens is 3. The fourth-order valence-electron chi connectivity index (χ4n) is 2.01. The van der Waals surface area contributed by atoms with Crippen LogP contribution in [0.1, 0.15) is 12.0 Å². The maximum atomic E-state index is 12.2. The number of anilines is 1. The molecule has 0 radical (unpaired) electrons. The molecule has 0 aliphatic heterocycles. The summed E-state index contributed by atoms with van der Waals surface area (Å²) in [5, 5.41) is 17.1. The first-order valence-corrected chi connectivity index (χ1v) is 7.78. The molecule has 1 aromatic heterocycles. The standard InChI is InChI=1S/C14H13BrF2N4O4/c1-8-6-9(25-14(16)17)2-3-11(8)18-12(22)4-5-20-7-10(15)13(19-20)21(23)24/h2-3,6-7,14H,4-5H2,1H3,(H,18,22). The number of amides is 1. The fraction of sp³-hybridized carbons (Fsp3) is 0.286. The summed E-state index contributed by atoms with van der Waals surface area (Å²) in [5.74, 6) is -0.676. The smallest absolute Gasteiger partial charge is 0.404 e. The van der Waals surface area contributed by atoms with Crippen LogP contribution in [-0.2, 0) is 11.3 Å². The van der Waals surface area contributed by atoms with Gasteiger partial charge in [-0.3, -0.25) is 4.79 Å². The van der Waals surface area contributed by atoms with Gasteiger partial charge in [-0.25, -0.2) is 0 Å². The molecular formula is C14H13BrF2N4O4. The number of nitrogens with one attached hydrogen (secondary N) is 1. The molecule has 11 heteroatoms. The van der Waals surface area contributed by atoms with Crippen LogP contribution in [0.4, 0.5) is 20.3 Å². The van der Waals surface area contributed by atoms with Crippen LogP contribution in [0.25, 0.3) is 0 Å². The molecule has 0 atom stereocenters. The molecule has 8 nitrogen and oxygen atoms in total. The van der Waals surface area contributed by atoms with Crippen molar-refractivity contribution in [3.05, 3.63) is 44.5 Å². The number of ether oxygens (including phenoxy) is 1. The van der Waals surface area contributed by atoms with E-state index in [-0.39, 0.29) is 34.9 Å². The Balaban J connectivity index is 1.94. The van der Waals surface area contributed by atoms with Gasteiger partial charge in [0.2, 0.25) is 5.91 Å². The molecule has 0 aliphatic carbocycles. The van der Waals surface area contributed by atoms with Crippen LogP contribution in [0.15, 0.2) is 28.9 Å². The second-order valence-electron chi connectivity index (χ2n) is 4.97. The number of carbonyl (C=O) groups excluding carboxylic acids is 1. The van der Waals surface area contributed by atoms with Crippen LogP contribution in [0, 0.1) is 17.0 Å². The molecule has 1 aromatic carbocycles. The van der Waals surface area contributed by atoms with Crippen LogP contribution in [0.2, 0.25) is 0 Å². The molecule has 0 unspecified atom stereocenters. The number of hydrogen-bond donors (Lipinski definition) is 1. The quantitative estimate of drug-likeness (QED) is 0.547. The van der Waals surface area contributed by atoms with Gasteiger partial charge in [-0.2, -0.15) is 13.5 Å². The van der Waals surface area contributed by atoms with Gasteiger partial charge in [0.25, 0.3) is 0 Å². The largest absolute Gasteiger partial charge is 0.435 e. The Morgan fingerprint density at radius 2 is 2.24 bits per heavy atom. The van der Waals surface area contributed by atoms with Crippen molar-refractivity contribution in [2.24, 2.45) is 0 Å². The van der Waals surface area contributed by atoms with Crippen molar-refractivity contribution in [3.8, 4) is 5.75 Å². The Labute approximate surface area is 149 Å². The first-order chi connectivity index (χ1) is 11.8. The van der Waals surface area contributed by atoms with E-state index in [2.05, 4.69) is 31.1 Å². The number of carbonyl (C=O) groups is 1. The Kier molecular flexibility index (Phi) is 6.02. The van der Waals surface area contributed by atoms with Crippen LogP contribution < -0.4 is 10.1 Å². The Hall–Kier alpha value is -2.56. The lowest BCUT2D eigenvalue weighted by Crippen LogP contribution is -2.15. The summed E-state index contributed by atoms with van der Waals surface area (Å²) in [6, 6.07) is 4.17. The lowest BCUT2D eigenvalue weighted by Gasteiger charge is -2.10. The van der Waals surface area contributed by atoms with Crippen LogP contribution in [0.3, 0.4) is 0 Å². The van der Waals surface area contributed by atoms with E-state index < -0.39 is 11.5 Å². The van der Waals surface area contributed by atoms with E-state index in [0.29, 0.717) is 11.3 Å². The van der Waals surface area contributed by atoms with Gasteiger partial charge in [-0.05, 0) is 51.5 Å². The minimum atomic E-state index is -2.92. The van der Waals surface area contributed by atoms with Crippen molar-refractivity contribution in [1.82, 2.24) is 9.78 Å². The number of rotatable bonds is 7. The fourth-order valence-corrected chi connectivity index (χ4v) is 2.47. The van der Waals surface area contributed by atoms with E-state index in [4.69, 9.17) is 0 Å². The zero-order valence-electron chi connectivity index (χ0n) is 12.9. The summed E-state index contributed by atoms with van der Waals surface area (Å²) in [6.07, 6.45) is 1.44. The molecule has 0 bridgehead atoms.